The van der Waals surface area contributed by atoms with Gasteiger partial charge in [0.25, 0.3) is 0 Å². The molecule has 0 aromatic heterocycles. The molecule has 0 radical (unpaired) electrons. The van der Waals surface area contributed by atoms with Gasteiger partial charge in [0.05, 0.1) is 0 Å². The molecule has 0 amide bonds. The number of hydrogen-bond donors (Lipinski definition) is 0. The highest BCUT2D eigenvalue weighted by atomic mass is 14.2. The Bertz CT molecular complexity index is 3140. The van der Waals surface area contributed by atoms with E-state index in [1.807, 2.05) is 0 Å². The maximum Gasteiger partial charge on any atom is 0.0334 e. The van der Waals surface area contributed by atoms with E-state index in [-0.39, 0.29) is 0 Å². The Kier molecular flexibility index (Phi) is 7.90. The number of hydrogen-bond acceptors (Lipinski definition) is 0. The Morgan fingerprint density at radius 1 is 0.286 bits per heavy atom. The fraction of sp³-hybridized carbons (Fsp3) is 0.107. The summed E-state index contributed by atoms with van der Waals surface area (Å²) in [6.07, 6.45) is 0. The minimum absolute atomic E-state index is 0.303. The van der Waals surface area contributed by atoms with Gasteiger partial charge in [0.2, 0.25) is 0 Å². The van der Waals surface area contributed by atoms with Gasteiger partial charge in [-0.05, 0) is 160 Å². The van der Waals surface area contributed by atoms with E-state index < -0.39 is 0 Å². The Morgan fingerprint density at radius 2 is 0.571 bits per heavy atom. The summed E-state index contributed by atoms with van der Waals surface area (Å²) in [5.41, 5.74) is 2.63. The highest BCUT2D eigenvalue weighted by Crippen LogP contribution is 2.38. The SMILES string of the molecule is CC(C)c1c2cccc3c#cc#cc4cccc5c(C(C)C)c6cccc(c#cc7cccc8cc9cccc(c#cc%10cccc1c%10cc32)c9cc78)c6cc45. The van der Waals surface area contributed by atoms with Gasteiger partial charge in [0.15, 0.2) is 0 Å². The van der Waals surface area contributed by atoms with Crippen molar-refractivity contribution < 1.29 is 0 Å². The highest BCUT2D eigenvalue weighted by molar-refractivity contribution is 6.15. The van der Waals surface area contributed by atoms with Crippen LogP contribution in [0.25, 0.3) is 97.0 Å². The Morgan fingerprint density at radius 3 is 0.911 bits per heavy atom. The average Bonchev–Trinajstić information content (AvgIpc) is 3.20. The Hall–Kier alpha value is -7.22. The number of rotatable bonds is 2. The summed E-state index contributed by atoms with van der Waals surface area (Å²) in [7, 11) is 0. The van der Waals surface area contributed by atoms with E-state index in [2.05, 4.69) is 210 Å². The van der Waals surface area contributed by atoms with E-state index in [4.69, 9.17) is 0 Å². The summed E-state index contributed by atoms with van der Waals surface area (Å²) in [4.78, 5) is 0. The molecule has 0 aliphatic carbocycles. The summed E-state index contributed by atoms with van der Waals surface area (Å²) in [6, 6.07) is 75.8. The van der Waals surface area contributed by atoms with Crippen LogP contribution in [0.15, 0.2) is 133 Å². The zero-order valence-corrected chi connectivity index (χ0v) is 31.9. The molecule has 10 aromatic carbocycles. The smallest absolute Gasteiger partial charge is 0.0334 e. The minimum atomic E-state index is 0.303. The van der Waals surface area contributed by atoms with Gasteiger partial charge in [-0.3, -0.25) is 0 Å². The third-order valence-electron chi connectivity index (χ3n) is 11.3. The zero-order valence-electron chi connectivity index (χ0n) is 31.9. The van der Waals surface area contributed by atoms with Crippen LogP contribution in [0, 0.1) is 48.5 Å². The molecular weight excluding hydrogens is 673 g/mol. The summed E-state index contributed by atoms with van der Waals surface area (Å²) in [5, 5.41) is 19.9. The molecule has 260 valence electrons. The molecule has 0 aliphatic rings. The van der Waals surface area contributed by atoms with Crippen molar-refractivity contribution in [1.29, 1.82) is 0 Å². The van der Waals surface area contributed by atoms with Crippen LogP contribution in [0.4, 0.5) is 0 Å². The molecule has 0 heterocycles. The molecule has 0 fully saturated rings. The molecule has 0 atom stereocenters. The van der Waals surface area contributed by atoms with E-state index >= 15 is 0 Å². The van der Waals surface area contributed by atoms with Gasteiger partial charge in [-0.2, -0.15) is 0 Å². The van der Waals surface area contributed by atoms with E-state index in [0.717, 1.165) is 75.4 Å². The van der Waals surface area contributed by atoms with Crippen molar-refractivity contribution in [2.45, 2.75) is 39.5 Å². The normalized spacial score (nSPS) is 11.3. The van der Waals surface area contributed by atoms with Crippen molar-refractivity contribution in [3.05, 3.63) is 193 Å². The molecule has 0 saturated heterocycles. The van der Waals surface area contributed by atoms with Crippen molar-refractivity contribution in [3.63, 3.8) is 0 Å². The summed E-state index contributed by atoms with van der Waals surface area (Å²) in [5.74, 6) is 0.606. The second-order valence-electron chi connectivity index (χ2n) is 15.4. The largest absolute Gasteiger partial charge is 0.0610 e. The zero-order chi connectivity index (χ0) is 37.9. The summed E-state index contributed by atoms with van der Waals surface area (Å²) in [6.45, 7) is 9.09. The molecule has 0 aliphatic heterocycles. The van der Waals surface area contributed by atoms with E-state index in [1.54, 1.807) is 0 Å². The lowest BCUT2D eigenvalue weighted by atomic mass is 9.88. The number of benzene rings is 9. The fourth-order valence-electron chi connectivity index (χ4n) is 8.82. The molecule has 0 unspecified atom stereocenters. The van der Waals surface area contributed by atoms with Crippen molar-refractivity contribution in [1.82, 2.24) is 0 Å². The fourth-order valence-corrected chi connectivity index (χ4v) is 8.82. The predicted octanol–water partition coefficient (Wildman–Crippen LogP) is 15.0. The van der Waals surface area contributed by atoms with Crippen LogP contribution in [0.3, 0.4) is 0 Å². The molecular formula is C56H36. The maximum absolute atomic E-state index is 3.62. The molecule has 0 N–H and O–H groups in total. The lowest BCUT2D eigenvalue weighted by molar-refractivity contribution is 0.885. The van der Waals surface area contributed by atoms with Gasteiger partial charge in [-0.15, -0.1) is 0 Å². The molecule has 10 aromatic rings. The summed E-state index contributed by atoms with van der Waals surface area (Å²) < 4.78 is 0. The van der Waals surface area contributed by atoms with E-state index in [0.29, 0.717) is 11.8 Å². The van der Waals surface area contributed by atoms with Crippen molar-refractivity contribution in [2.24, 2.45) is 0 Å². The third kappa shape index (κ3) is 5.48. The third-order valence-corrected chi connectivity index (χ3v) is 11.3. The van der Waals surface area contributed by atoms with Gasteiger partial charge in [-0.1, -0.05) is 137 Å². The molecule has 0 spiro atoms. The lowest BCUT2D eigenvalue weighted by Crippen LogP contribution is -1.92. The lowest BCUT2D eigenvalue weighted by Gasteiger charge is -2.15. The first-order chi connectivity index (χ1) is 27.4. The summed E-state index contributed by atoms with van der Waals surface area (Å²) >= 11 is 0. The van der Waals surface area contributed by atoms with Crippen LogP contribution < -0.4 is 0 Å². The highest BCUT2D eigenvalue weighted by Gasteiger charge is 2.14. The average molecular weight is 709 g/mol. The van der Waals surface area contributed by atoms with Crippen LogP contribution in [0.5, 0.6) is 0 Å². The first kappa shape index (κ1) is 33.4. The standard InChI is InChI=1S/C56H36/c1-35(2)55-45-23-9-17-37-13-5-6-14-38-18-10-24-46-52(38)34-54-42(20-12-26-48(54)56(46)36(3)4)30-28-40-16-8-22-44-31-43-21-7-15-39(49(43)32-50(40)44)27-29-41-19-11-25-47(55)53(41)33-51(37)45/h7-12,15-26,31-36H,1-4H3. The van der Waals surface area contributed by atoms with E-state index in [9.17, 15) is 0 Å². The molecule has 56 heavy (non-hydrogen) atoms. The van der Waals surface area contributed by atoms with Crippen molar-refractivity contribution >= 4 is 97.0 Å². The first-order valence-corrected chi connectivity index (χ1v) is 19.4. The Labute approximate surface area is 328 Å². The van der Waals surface area contributed by atoms with Gasteiger partial charge >= 0.3 is 0 Å². The van der Waals surface area contributed by atoms with Crippen molar-refractivity contribution in [2.75, 3.05) is 0 Å². The van der Waals surface area contributed by atoms with Crippen LogP contribution in [0.2, 0.25) is 0 Å². The van der Waals surface area contributed by atoms with Crippen LogP contribution in [-0.4, -0.2) is 0 Å². The minimum Gasteiger partial charge on any atom is -0.0610 e. The molecule has 0 heteroatoms. The molecule has 6 bridgehead atoms. The molecule has 0 saturated carbocycles. The first-order valence-electron chi connectivity index (χ1n) is 19.4. The predicted molar refractivity (Wildman–Crippen MR) is 238 cm³/mol. The molecule has 0 nitrogen and oxygen atoms in total. The molecule has 10 rings (SSSR count). The van der Waals surface area contributed by atoms with E-state index in [1.165, 1.54) is 32.7 Å². The maximum atomic E-state index is 3.62. The van der Waals surface area contributed by atoms with Gasteiger partial charge in [0, 0.05) is 32.3 Å². The van der Waals surface area contributed by atoms with Gasteiger partial charge < -0.3 is 0 Å². The topological polar surface area (TPSA) is 0 Å². The second-order valence-corrected chi connectivity index (χ2v) is 15.4. The second kappa shape index (κ2) is 13.3. The van der Waals surface area contributed by atoms with Crippen molar-refractivity contribution in [3.8, 4) is 0 Å². The quantitative estimate of drug-likeness (QED) is 0.157. The van der Waals surface area contributed by atoms with Gasteiger partial charge in [-0.25, -0.2) is 0 Å². The van der Waals surface area contributed by atoms with Crippen LogP contribution in [0.1, 0.15) is 50.7 Å². The van der Waals surface area contributed by atoms with Gasteiger partial charge in [0.1, 0.15) is 0 Å². The van der Waals surface area contributed by atoms with Crippen LogP contribution in [-0.2, 0) is 0 Å². The monoisotopic (exact) mass is 708 g/mol. The van der Waals surface area contributed by atoms with Crippen LogP contribution >= 0.6 is 0 Å². The Balaban J connectivity index is 1.39.